The van der Waals surface area contributed by atoms with Gasteiger partial charge in [0, 0.05) is 13.0 Å². The normalized spacial score (nSPS) is 12.2. The monoisotopic (exact) mass is 508 g/mol. The molecule has 0 bridgehead atoms. The van der Waals surface area contributed by atoms with Crippen LogP contribution in [0.4, 0.5) is 0 Å². The predicted octanol–water partition coefficient (Wildman–Crippen LogP) is 11.7. The van der Waals surface area contributed by atoms with Crippen LogP contribution in [-0.2, 0) is 4.79 Å². The second-order valence-electron chi connectivity index (χ2n) is 11.7. The Labute approximate surface area is 228 Å². The summed E-state index contributed by atoms with van der Waals surface area (Å²) in [6.07, 6.45) is 37.9. The Hall–Kier alpha value is -0.530. The highest BCUT2D eigenvalue weighted by molar-refractivity contribution is 5.76. The topological polar surface area (TPSA) is 29.1 Å². The number of rotatable bonds is 30. The molecular formula is C34H69NO. The minimum absolute atomic E-state index is 0.291. The van der Waals surface area contributed by atoms with E-state index in [1.165, 1.54) is 161 Å². The molecule has 36 heavy (non-hydrogen) atoms. The Morgan fingerprint density at radius 2 is 0.806 bits per heavy atom. The third kappa shape index (κ3) is 28.0. The summed E-state index contributed by atoms with van der Waals surface area (Å²) < 4.78 is 0. The molecule has 0 aromatic carbocycles. The average Bonchev–Trinajstić information content (AvgIpc) is 2.88. The maximum absolute atomic E-state index is 12.3. The van der Waals surface area contributed by atoms with Gasteiger partial charge in [0.25, 0.3) is 0 Å². The van der Waals surface area contributed by atoms with E-state index in [4.69, 9.17) is 0 Å². The molecule has 1 unspecified atom stereocenters. The maximum atomic E-state index is 12.3. The maximum Gasteiger partial charge on any atom is 0.220 e. The van der Waals surface area contributed by atoms with Gasteiger partial charge in [-0.15, -0.1) is 0 Å². The molecule has 0 spiro atoms. The number of hydrogen-bond acceptors (Lipinski definition) is 1. The van der Waals surface area contributed by atoms with Crippen molar-refractivity contribution in [3.8, 4) is 0 Å². The lowest BCUT2D eigenvalue weighted by Crippen LogP contribution is -2.26. The second-order valence-corrected chi connectivity index (χ2v) is 11.7. The van der Waals surface area contributed by atoms with Crippen molar-refractivity contribution in [2.75, 3.05) is 6.54 Å². The molecule has 1 amide bonds. The van der Waals surface area contributed by atoms with Gasteiger partial charge in [0.1, 0.15) is 0 Å². The van der Waals surface area contributed by atoms with Crippen LogP contribution in [0.1, 0.15) is 201 Å². The molecule has 0 fully saturated rings. The molecule has 0 saturated heterocycles. The first-order chi connectivity index (χ1) is 17.7. The van der Waals surface area contributed by atoms with Crippen molar-refractivity contribution >= 4 is 5.91 Å². The fraction of sp³-hybridized carbons (Fsp3) is 0.971. The second kappa shape index (κ2) is 30.7. The Kier molecular flexibility index (Phi) is 30.2. The van der Waals surface area contributed by atoms with E-state index in [1.807, 2.05) is 0 Å². The van der Waals surface area contributed by atoms with Crippen molar-refractivity contribution in [3.05, 3.63) is 0 Å². The van der Waals surface area contributed by atoms with Crippen LogP contribution >= 0.6 is 0 Å². The van der Waals surface area contributed by atoms with Crippen molar-refractivity contribution in [1.29, 1.82) is 0 Å². The molecule has 1 atom stereocenters. The highest BCUT2D eigenvalue weighted by Crippen LogP contribution is 2.19. The van der Waals surface area contributed by atoms with Gasteiger partial charge in [-0.25, -0.2) is 0 Å². The molecule has 0 aliphatic carbocycles. The largest absolute Gasteiger partial charge is 0.356 e. The first-order valence-electron chi connectivity index (χ1n) is 17.0. The van der Waals surface area contributed by atoms with Crippen LogP contribution < -0.4 is 5.32 Å². The van der Waals surface area contributed by atoms with Crippen molar-refractivity contribution in [1.82, 2.24) is 5.32 Å². The van der Waals surface area contributed by atoms with Crippen molar-refractivity contribution in [2.45, 2.75) is 201 Å². The molecule has 0 aromatic heterocycles. The molecule has 0 aromatic rings. The standard InChI is InChI=1S/C34H69NO/c1-4-7-9-11-13-15-17-18-19-21-23-25-27-29-31-35-34(36)32-33(6-3)30-28-26-24-22-20-16-14-12-10-8-5-2/h33H,4-32H2,1-3H3,(H,35,36). The van der Waals surface area contributed by atoms with E-state index in [1.54, 1.807) is 0 Å². The van der Waals surface area contributed by atoms with Crippen molar-refractivity contribution < 1.29 is 4.79 Å². The number of carbonyl (C=O) groups is 1. The van der Waals surface area contributed by atoms with Gasteiger partial charge < -0.3 is 5.32 Å². The third-order valence-electron chi connectivity index (χ3n) is 8.12. The summed E-state index contributed by atoms with van der Waals surface area (Å²) in [7, 11) is 0. The molecule has 0 saturated carbocycles. The minimum atomic E-state index is 0.291. The first-order valence-corrected chi connectivity index (χ1v) is 17.0. The van der Waals surface area contributed by atoms with Crippen LogP contribution in [0.2, 0.25) is 0 Å². The lowest BCUT2D eigenvalue weighted by molar-refractivity contribution is -0.122. The van der Waals surface area contributed by atoms with E-state index < -0.39 is 0 Å². The molecule has 0 rings (SSSR count). The van der Waals surface area contributed by atoms with Gasteiger partial charge in [0.05, 0.1) is 0 Å². The molecule has 0 radical (unpaired) electrons. The van der Waals surface area contributed by atoms with E-state index in [-0.39, 0.29) is 0 Å². The lowest BCUT2D eigenvalue weighted by Gasteiger charge is -2.14. The molecule has 1 N–H and O–H groups in total. The van der Waals surface area contributed by atoms with Crippen LogP contribution in [0.3, 0.4) is 0 Å². The zero-order valence-corrected chi connectivity index (χ0v) is 25.5. The van der Waals surface area contributed by atoms with E-state index in [9.17, 15) is 4.79 Å². The number of hydrogen-bond donors (Lipinski definition) is 1. The lowest BCUT2D eigenvalue weighted by atomic mass is 9.94. The third-order valence-corrected chi connectivity index (χ3v) is 8.12. The van der Waals surface area contributed by atoms with E-state index in [0.717, 1.165) is 25.8 Å². The highest BCUT2D eigenvalue weighted by atomic mass is 16.1. The van der Waals surface area contributed by atoms with Crippen molar-refractivity contribution in [2.24, 2.45) is 5.92 Å². The summed E-state index contributed by atoms with van der Waals surface area (Å²) in [4.78, 5) is 12.3. The zero-order chi connectivity index (χ0) is 26.4. The van der Waals surface area contributed by atoms with E-state index >= 15 is 0 Å². The fourth-order valence-corrected chi connectivity index (χ4v) is 5.43. The van der Waals surface area contributed by atoms with E-state index in [2.05, 4.69) is 26.1 Å². The van der Waals surface area contributed by atoms with Crippen LogP contribution in [0.25, 0.3) is 0 Å². The number of nitrogens with one attached hydrogen (secondary N) is 1. The summed E-state index contributed by atoms with van der Waals surface area (Å²) in [5.74, 6) is 0.875. The molecule has 0 aliphatic heterocycles. The van der Waals surface area contributed by atoms with Crippen LogP contribution in [-0.4, -0.2) is 12.5 Å². The first kappa shape index (κ1) is 35.5. The quantitative estimate of drug-likeness (QED) is 0.0962. The Morgan fingerprint density at radius 1 is 0.472 bits per heavy atom. The smallest absolute Gasteiger partial charge is 0.220 e. The number of carbonyl (C=O) groups excluding carboxylic acids is 1. The molecule has 216 valence electrons. The molecule has 2 nitrogen and oxygen atoms in total. The van der Waals surface area contributed by atoms with Crippen LogP contribution in [0.15, 0.2) is 0 Å². The van der Waals surface area contributed by atoms with Crippen molar-refractivity contribution in [3.63, 3.8) is 0 Å². The highest BCUT2D eigenvalue weighted by Gasteiger charge is 2.11. The van der Waals surface area contributed by atoms with Crippen LogP contribution in [0.5, 0.6) is 0 Å². The van der Waals surface area contributed by atoms with Crippen LogP contribution in [0, 0.1) is 5.92 Å². The summed E-state index contributed by atoms with van der Waals surface area (Å²) in [5.41, 5.74) is 0. The molecular weight excluding hydrogens is 438 g/mol. The summed E-state index contributed by atoms with van der Waals surface area (Å²) in [5, 5.41) is 3.19. The molecule has 0 aliphatic rings. The number of amides is 1. The minimum Gasteiger partial charge on any atom is -0.356 e. The summed E-state index contributed by atoms with van der Waals surface area (Å²) in [6.45, 7) is 7.71. The summed E-state index contributed by atoms with van der Waals surface area (Å²) >= 11 is 0. The Bertz CT molecular complexity index is 421. The summed E-state index contributed by atoms with van der Waals surface area (Å²) in [6, 6.07) is 0. The van der Waals surface area contributed by atoms with Gasteiger partial charge in [0.15, 0.2) is 0 Å². The van der Waals surface area contributed by atoms with E-state index in [0.29, 0.717) is 11.8 Å². The van der Waals surface area contributed by atoms with Gasteiger partial charge in [-0.3, -0.25) is 4.79 Å². The average molecular weight is 508 g/mol. The fourth-order valence-electron chi connectivity index (χ4n) is 5.43. The van der Waals surface area contributed by atoms with Gasteiger partial charge in [-0.1, -0.05) is 181 Å². The SMILES string of the molecule is CCCCCCCCCCCCCCCCNC(=O)CC(CC)CCCCCCCCCCCCC. The molecule has 0 heterocycles. The number of unbranched alkanes of at least 4 members (excludes halogenated alkanes) is 23. The predicted molar refractivity (Wildman–Crippen MR) is 163 cm³/mol. The Morgan fingerprint density at radius 3 is 1.17 bits per heavy atom. The zero-order valence-electron chi connectivity index (χ0n) is 25.5. The van der Waals surface area contributed by atoms with Gasteiger partial charge in [-0.05, 0) is 18.8 Å². The Balaban J connectivity index is 3.40. The van der Waals surface area contributed by atoms with Gasteiger partial charge >= 0.3 is 0 Å². The molecule has 2 heteroatoms. The van der Waals surface area contributed by atoms with Gasteiger partial charge in [0.2, 0.25) is 5.91 Å². The van der Waals surface area contributed by atoms with Gasteiger partial charge in [-0.2, -0.15) is 0 Å².